The van der Waals surface area contributed by atoms with Crippen LogP contribution in [0.2, 0.25) is 0 Å². The van der Waals surface area contributed by atoms with Crippen molar-refractivity contribution in [3.8, 4) is 0 Å². The molecule has 0 rings (SSSR count). The molecule has 0 bridgehead atoms. The molecule has 0 saturated carbocycles. The molecule has 0 aromatic heterocycles. The van der Waals surface area contributed by atoms with Crippen molar-refractivity contribution in [3.63, 3.8) is 0 Å². The lowest BCUT2D eigenvalue weighted by atomic mass is 9.94. The van der Waals surface area contributed by atoms with E-state index in [9.17, 15) is 8.42 Å². The van der Waals surface area contributed by atoms with Crippen LogP contribution in [0.4, 0.5) is 0 Å². The van der Waals surface area contributed by atoms with Crippen LogP contribution in [0, 0.1) is 5.41 Å². The summed E-state index contributed by atoms with van der Waals surface area (Å²) >= 11 is 0. The predicted molar refractivity (Wildman–Crippen MR) is 58.1 cm³/mol. The lowest BCUT2D eigenvalue weighted by Gasteiger charge is -2.29. The molecule has 0 radical (unpaired) electrons. The summed E-state index contributed by atoms with van der Waals surface area (Å²) in [5.41, 5.74) is 5.36. The van der Waals surface area contributed by atoms with Gasteiger partial charge in [-0.3, -0.25) is 0 Å². The van der Waals surface area contributed by atoms with E-state index in [2.05, 4.69) is 4.72 Å². The zero-order chi connectivity index (χ0) is 11.4. The Morgan fingerprint density at radius 2 is 1.93 bits per heavy atom. The first-order chi connectivity index (χ1) is 6.29. The van der Waals surface area contributed by atoms with Crippen molar-refractivity contribution in [1.29, 1.82) is 0 Å². The van der Waals surface area contributed by atoms with Crippen LogP contribution in [0.1, 0.15) is 20.8 Å². The standard InChI is InChI=1S/C8H21N3O2S/c1-5-11(14(12,13)10-4)7-8(2,3)6-9/h10H,5-7,9H2,1-4H3. The van der Waals surface area contributed by atoms with Gasteiger partial charge in [0.1, 0.15) is 0 Å². The number of nitrogens with zero attached hydrogens (tertiary/aromatic N) is 1. The molecule has 0 amide bonds. The average molecular weight is 223 g/mol. The van der Waals surface area contributed by atoms with Gasteiger partial charge < -0.3 is 5.73 Å². The highest BCUT2D eigenvalue weighted by Crippen LogP contribution is 2.16. The average Bonchev–Trinajstić information content (AvgIpc) is 2.14. The highest BCUT2D eigenvalue weighted by molar-refractivity contribution is 7.87. The van der Waals surface area contributed by atoms with E-state index in [0.29, 0.717) is 19.6 Å². The topological polar surface area (TPSA) is 75.4 Å². The fourth-order valence-electron chi connectivity index (χ4n) is 1.04. The summed E-state index contributed by atoms with van der Waals surface area (Å²) in [6, 6.07) is 0. The van der Waals surface area contributed by atoms with Crippen molar-refractivity contribution in [1.82, 2.24) is 9.03 Å². The lowest BCUT2D eigenvalue weighted by Crippen LogP contribution is -2.45. The Bertz CT molecular complexity index is 262. The van der Waals surface area contributed by atoms with Gasteiger partial charge in [0, 0.05) is 20.1 Å². The third kappa shape index (κ3) is 3.91. The minimum Gasteiger partial charge on any atom is -0.330 e. The fraction of sp³-hybridized carbons (Fsp3) is 1.00. The molecule has 5 nitrogen and oxygen atoms in total. The van der Waals surface area contributed by atoms with Gasteiger partial charge in [-0.15, -0.1) is 0 Å². The van der Waals surface area contributed by atoms with Crippen LogP contribution in [-0.2, 0) is 10.2 Å². The van der Waals surface area contributed by atoms with Crippen molar-refractivity contribution in [2.45, 2.75) is 20.8 Å². The third-order valence-electron chi connectivity index (χ3n) is 2.11. The van der Waals surface area contributed by atoms with Crippen LogP contribution in [0.3, 0.4) is 0 Å². The highest BCUT2D eigenvalue weighted by Gasteiger charge is 2.26. The van der Waals surface area contributed by atoms with Gasteiger partial charge in [-0.1, -0.05) is 20.8 Å². The van der Waals surface area contributed by atoms with Crippen LogP contribution in [0.5, 0.6) is 0 Å². The first kappa shape index (κ1) is 13.8. The Morgan fingerprint density at radius 1 is 1.43 bits per heavy atom. The summed E-state index contributed by atoms with van der Waals surface area (Å²) < 4.78 is 26.7. The zero-order valence-corrected chi connectivity index (χ0v) is 10.2. The van der Waals surface area contributed by atoms with Crippen molar-refractivity contribution in [3.05, 3.63) is 0 Å². The van der Waals surface area contributed by atoms with Gasteiger partial charge in [0.25, 0.3) is 10.2 Å². The van der Waals surface area contributed by atoms with E-state index in [-0.39, 0.29) is 5.41 Å². The quantitative estimate of drug-likeness (QED) is 0.652. The number of nitrogens with one attached hydrogen (secondary N) is 1. The second kappa shape index (κ2) is 5.06. The van der Waals surface area contributed by atoms with Gasteiger partial charge in [-0.05, 0) is 12.0 Å². The second-order valence-electron chi connectivity index (χ2n) is 4.00. The molecule has 0 saturated heterocycles. The van der Waals surface area contributed by atoms with Crippen molar-refractivity contribution >= 4 is 10.2 Å². The first-order valence-corrected chi connectivity index (χ1v) is 6.12. The van der Waals surface area contributed by atoms with E-state index >= 15 is 0 Å². The van der Waals surface area contributed by atoms with E-state index in [1.165, 1.54) is 11.4 Å². The Hall–Kier alpha value is -0.170. The summed E-state index contributed by atoms with van der Waals surface area (Å²) in [6.45, 7) is 7.04. The molecule has 0 aliphatic heterocycles. The molecule has 0 aromatic carbocycles. The largest absolute Gasteiger partial charge is 0.330 e. The summed E-state index contributed by atoms with van der Waals surface area (Å²) in [7, 11) is -1.92. The van der Waals surface area contributed by atoms with Gasteiger partial charge in [-0.25, -0.2) is 4.72 Å². The Kier molecular flexibility index (Phi) is 5.00. The Balaban J connectivity index is 4.62. The molecule has 0 unspecified atom stereocenters. The molecule has 0 aromatic rings. The molecular formula is C8H21N3O2S. The van der Waals surface area contributed by atoms with Gasteiger partial charge >= 0.3 is 0 Å². The van der Waals surface area contributed by atoms with Crippen LogP contribution in [-0.4, -0.2) is 39.4 Å². The smallest absolute Gasteiger partial charge is 0.279 e. The van der Waals surface area contributed by atoms with Crippen LogP contribution >= 0.6 is 0 Å². The maximum absolute atomic E-state index is 11.5. The second-order valence-corrected chi connectivity index (χ2v) is 5.88. The van der Waals surface area contributed by atoms with E-state index in [1.54, 1.807) is 0 Å². The summed E-state index contributed by atoms with van der Waals surface area (Å²) in [6.07, 6.45) is 0. The molecule has 0 heterocycles. The SMILES string of the molecule is CCN(CC(C)(C)CN)S(=O)(=O)NC. The van der Waals surface area contributed by atoms with Gasteiger partial charge in [0.05, 0.1) is 0 Å². The van der Waals surface area contributed by atoms with Gasteiger partial charge in [0.15, 0.2) is 0 Å². The van der Waals surface area contributed by atoms with Gasteiger partial charge in [-0.2, -0.15) is 12.7 Å². The number of hydrogen-bond acceptors (Lipinski definition) is 3. The lowest BCUT2D eigenvalue weighted by molar-refractivity contribution is 0.271. The number of hydrogen-bond donors (Lipinski definition) is 2. The van der Waals surface area contributed by atoms with Crippen molar-refractivity contribution in [2.24, 2.45) is 11.1 Å². The summed E-state index contributed by atoms with van der Waals surface area (Å²) in [4.78, 5) is 0. The molecule has 0 aliphatic carbocycles. The molecule has 0 aliphatic rings. The van der Waals surface area contributed by atoms with E-state index < -0.39 is 10.2 Å². The third-order valence-corrected chi connectivity index (χ3v) is 3.69. The van der Waals surface area contributed by atoms with E-state index in [4.69, 9.17) is 5.73 Å². The molecule has 0 fully saturated rings. The first-order valence-electron chi connectivity index (χ1n) is 4.67. The maximum Gasteiger partial charge on any atom is 0.279 e. The molecule has 0 spiro atoms. The van der Waals surface area contributed by atoms with E-state index in [0.717, 1.165) is 0 Å². The van der Waals surface area contributed by atoms with Crippen molar-refractivity contribution < 1.29 is 8.42 Å². The molecule has 86 valence electrons. The highest BCUT2D eigenvalue weighted by atomic mass is 32.2. The number of rotatable bonds is 6. The number of nitrogens with two attached hydrogens (primary N) is 1. The van der Waals surface area contributed by atoms with Gasteiger partial charge in [0.2, 0.25) is 0 Å². The Morgan fingerprint density at radius 3 is 2.21 bits per heavy atom. The Labute approximate surface area is 86.8 Å². The maximum atomic E-state index is 11.5. The summed E-state index contributed by atoms with van der Waals surface area (Å²) in [5, 5.41) is 0. The van der Waals surface area contributed by atoms with Crippen LogP contribution < -0.4 is 10.5 Å². The van der Waals surface area contributed by atoms with Crippen LogP contribution in [0.25, 0.3) is 0 Å². The van der Waals surface area contributed by atoms with E-state index in [1.807, 2.05) is 20.8 Å². The van der Waals surface area contributed by atoms with Crippen molar-refractivity contribution in [2.75, 3.05) is 26.7 Å². The minimum absolute atomic E-state index is 0.195. The molecule has 3 N–H and O–H groups in total. The molecule has 0 atom stereocenters. The monoisotopic (exact) mass is 223 g/mol. The molecule has 14 heavy (non-hydrogen) atoms. The minimum atomic E-state index is -3.33. The normalized spacial score (nSPS) is 13.6. The molecular weight excluding hydrogens is 202 g/mol. The predicted octanol–water partition coefficient (Wildman–Crippen LogP) is -0.243. The zero-order valence-electron chi connectivity index (χ0n) is 9.37. The van der Waals surface area contributed by atoms with Crippen LogP contribution in [0.15, 0.2) is 0 Å². The molecule has 6 heteroatoms. The summed E-state index contributed by atoms with van der Waals surface area (Å²) in [5.74, 6) is 0. The fourth-order valence-corrected chi connectivity index (χ4v) is 2.16.